The number of carbonyl (C=O) groups excluding carboxylic acids is 2. The number of nitrogens with zero attached hydrogens (tertiary/aromatic N) is 1. The van der Waals surface area contributed by atoms with E-state index in [1.54, 1.807) is 11.3 Å². The highest BCUT2D eigenvalue weighted by atomic mass is 32.1. The summed E-state index contributed by atoms with van der Waals surface area (Å²) in [6.07, 6.45) is 4.35. The van der Waals surface area contributed by atoms with Crippen molar-refractivity contribution in [2.75, 3.05) is 33.3 Å². The van der Waals surface area contributed by atoms with Crippen LogP contribution in [0.25, 0.3) is 0 Å². The van der Waals surface area contributed by atoms with E-state index in [9.17, 15) is 9.59 Å². The van der Waals surface area contributed by atoms with Crippen molar-refractivity contribution in [1.29, 1.82) is 0 Å². The van der Waals surface area contributed by atoms with E-state index in [-0.39, 0.29) is 18.0 Å². The molecule has 1 unspecified atom stereocenters. The van der Waals surface area contributed by atoms with Crippen molar-refractivity contribution in [3.8, 4) is 0 Å². The van der Waals surface area contributed by atoms with E-state index in [4.69, 9.17) is 0 Å². The quantitative estimate of drug-likeness (QED) is 0.529. The molecule has 24 heavy (non-hydrogen) atoms. The van der Waals surface area contributed by atoms with Crippen LogP contribution in [-0.2, 0) is 9.53 Å². The first-order valence-corrected chi connectivity index (χ1v) is 9.44. The summed E-state index contributed by atoms with van der Waals surface area (Å²) in [6, 6.07) is 4.32. The first-order chi connectivity index (χ1) is 11.7. The molecule has 1 fully saturated rings. The number of likely N-dealkylation sites (tertiary alicyclic amines) is 1. The van der Waals surface area contributed by atoms with Gasteiger partial charge in [0.25, 0.3) is 0 Å². The van der Waals surface area contributed by atoms with Gasteiger partial charge in [-0.1, -0.05) is 6.07 Å². The van der Waals surface area contributed by atoms with Crippen molar-refractivity contribution < 1.29 is 14.3 Å². The Balaban J connectivity index is 1.67. The van der Waals surface area contributed by atoms with Gasteiger partial charge in [0.1, 0.15) is 0 Å². The molecule has 2 amide bonds. The summed E-state index contributed by atoms with van der Waals surface area (Å²) in [4.78, 5) is 26.7. The van der Waals surface area contributed by atoms with E-state index < -0.39 is 0 Å². The number of hydrogen-bond donors (Lipinski definition) is 2. The number of amides is 2. The minimum absolute atomic E-state index is 0.145. The Morgan fingerprint density at radius 2 is 2.08 bits per heavy atom. The second kappa shape index (κ2) is 10.3. The number of rotatable bonds is 9. The fourth-order valence-electron chi connectivity index (χ4n) is 2.89. The maximum atomic E-state index is 12.0. The van der Waals surface area contributed by atoms with Crippen LogP contribution in [0.3, 0.4) is 0 Å². The van der Waals surface area contributed by atoms with Crippen molar-refractivity contribution in [2.24, 2.45) is 0 Å². The molecule has 0 aliphatic carbocycles. The number of ether oxygens (including phenoxy) is 1. The lowest BCUT2D eigenvalue weighted by molar-refractivity contribution is -0.140. The molecule has 6 nitrogen and oxygen atoms in total. The van der Waals surface area contributed by atoms with E-state index in [1.807, 2.05) is 0 Å². The average Bonchev–Trinajstić information content (AvgIpc) is 3.28. The molecule has 7 heteroatoms. The molecule has 134 valence electrons. The van der Waals surface area contributed by atoms with E-state index in [2.05, 4.69) is 37.8 Å². The summed E-state index contributed by atoms with van der Waals surface area (Å²) < 4.78 is 4.58. The van der Waals surface area contributed by atoms with Crippen molar-refractivity contribution in [1.82, 2.24) is 15.5 Å². The zero-order valence-corrected chi connectivity index (χ0v) is 15.1. The second-order valence-corrected chi connectivity index (χ2v) is 6.92. The maximum absolute atomic E-state index is 12.0. The Labute approximate surface area is 147 Å². The van der Waals surface area contributed by atoms with Gasteiger partial charge in [0.15, 0.2) is 0 Å². The molecule has 0 aromatic carbocycles. The van der Waals surface area contributed by atoms with Gasteiger partial charge in [-0.15, -0.1) is 11.3 Å². The number of esters is 1. The molecule has 0 spiro atoms. The first kappa shape index (κ1) is 18.7. The lowest BCUT2D eigenvalue weighted by atomic mass is 10.2. The second-order valence-electron chi connectivity index (χ2n) is 5.94. The van der Waals surface area contributed by atoms with Crippen LogP contribution in [0, 0.1) is 0 Å². The molecular formula is C17H27N3O3S. The highest BCUT2D eigenvalue weighted by Gasteiger charge is 2.24. The highest BCUT2D eigenvalue weighted by molar-refractivity contribution is 7.10. The number of urea groups is 1. The minimum atomic E-state index is -0.205. The molecule has 1 saturated heterocycles. The number of methoxy groups -OCH3 is 1. The van der Waals surface area contributed by atoms with E-state index >= 15 is 0 Å². The van der Waals surface area contributed by atoms with E-state index in [1.165, 1.54) is 24.8 Å². The molecule has 0 bridgehead atoms. The summed E-state index contributed by atoms with van der Waals surface area (Å²) in [5, 5.41) is 7.91. The van der Waals surface area contributed by atoms with Crippen molar-refractivity contribution in [3.63, 3.8) is 0 Å². The van der Waals surface area contributed by atoms with Crippen LogP contribution in [0.15, 0.2) is 17.5 Å². The molecule has 1 aliphatic heterocycles. The summed E-state index contributed by atoms with van der Waals surface area (Å²) >= 11 is 1.74. The third-order valence-electron chi connectivity index (χ3n) is 4.23. The molecule has 2 rings (SSSR count). The normalized spacial score (nSPS) is 15.9. The number of unbranched alkanes of at least 4 members (excludes halogenated alkanes) is 1. The predicted molar refractivity (Wildman–Crippen MR) is 95.1 cm³/mol. The van der Waals surface area contributed by atoms with Gasteiger partial charge in [0.05, 0.1) is 13.2 Å². The smallest absolute Gasteiger partial charge is 0.314 e. The third-order valence-corrected chi connectivity index (χ3v) is 5.20. The molecule has 1 aromatic heterocycles. The molecule has 1 aromatic rings. The summed E-state index contributed by atoms with van der Waals surface area (Å²) in [6.45, 7) is 3.38. The van der Waals surface area contributed by atoms with Crippen molar-refractivity contribution in [2.45, 2.75) is 38.1 Å². The highest BCUT2D eigenvalue weighted by Crippen LogP contribution is 2.27. The van der Waals surface area contributed by atoms with Crippen LogP contribution in [-0.4, -0.2) is 50.2 Å². The summed E-state index contributed by atoms with van der Waals surface area (Å²) in [5.74, 6) is -0.205. The van der Waals surface area contributed by atoms with Gasteiger partial charge in [-0.2, -0.15) is 0 Å². The van der Waals surface area contributed by atoms with Gasteiger partial charge in [-0.25, -0.2) is 4.79 Å². The van der Waals surface area contributed by atoms with Gasteiger partial charge in [0.2, 0.25) is 0 Å². The maximum Gasteiger partial charge on any atom is 0.314 e. The van der Waals surface area contributed by atoms with Gasteiger partial charge in [0, 0.05) is 24.4 Å². The third kappa shape index (κ3) is 6.13. The topological polar surface area (TPSA) is 70.7 Å². The van der Waals surface area contributed by atoms with Gasteiger partial charge >= 0.3 is 12.0 Å². The minimum Gasteiger partial charge on any atom is -0.469 e. The molecular weight excluding hydrogens is 326 g/mol. The molecule has 2 N–H and O–H groups in total. The summed E-state index contributed by atoms with van der Waals surface area (Å²) in [7, 11) is 1.39. The Bertz CT molecular complexity index is 501. The zero-order valence-electron chi connectivity index (χ0n) is 14.3. The Hall–Kier alpha value is -1.60. The Kier molecular flexibility index (Phi) is 8.04. The monoisotopic (exact) mass is 353 g/mol. The molecule has 2 heterocycles. The van der Waals surface area contributed by atoms with Crippen LogP contribution >= 0.6 is 11.3 Å². The number of thiophene rings is 1. The van der Waals surface area contributed by atoms with Crippen molar-refractivity contribution >= 4 is 23.3 Å². The average molecular weight is 353 g/mol. The lowest BCUT2D eigenvalue weighted by Crippen LogP contribution is -2.41. The van der Waals surface area contributed by atoms with E-state index in [0.717, 1.165) is 25.9 Å². The SMILES string of the molecule is COC(=O)CCCCNC(=O)NCC(c1cccs1)N1CCCC1. The van der Waals surface area contributed by atoms with Gasteiger partial charge in [-0.3, -0.25) is 9.69 Å². The number of hydrogen-bond acceptors (Lipinski definition) is 5. The molecule has 1 aliphatic rings. The fourth-order valence-corrected chi connectivity index (χ4v) is 3.75. The Morgan fingerprint density at radius 1 is 1.29 bits per heavy atom. The van der Waals surface area contributed by atoms with Gasteiger partial charge in [-0.05, 0) is 50.2 Å². The molecule has 1 atom stereocenters. The summed E-state index contributed by atoms with van der Waals surface area (Å²) in [5.41, 5.74) is 0. The van der Waals surface area contributed by atoms with Crippen LogP contribution < -0.4 is 10.6 Å². The zero-order chi connectivity index (χ0) is 17.2. The largest absolute Gasteiger partial charge is 0.469 e. The van der Waals surface area contributed by atoms with Crippen LogP contribution in [0.1, 0.15) is 43.0 Å². The van der Waals surface area contributed by atoms with Crippen LogP contribution in [0.4, 0.5) is 4.79 Å². The van der Waals surface area contributed by atoms with Crippen LogP contribution in [0.2, 0.25) is 0 Å². The van der Waals surface area contributed by atoms with Crippen LogP contribution in [0.5, 0.6) is 0 Å². The lowest BCUT2D eigenvalue weighted by Gasteiger charge is -2.26. The molecule has 0 saturated carbocycles. The standard InChI is InChI=1S/C17H27N3O3S/c1-23-16(21)8-2-3-9-18-17(22)19-13-14(15-7-6-12-24-15)20-10-4-5-11-20/h6-7,12,14H,2-5,8-11,13H2,1H3,(H2,18,19,22). The van der Waals surface area contributed by atoms with E-state index in [0.29, 0.717) is 19.5 Å². The Morgan fingerprint density at radius 3 is 2.75 bits per heavy atom. The number of nitrogens with one attached hydrogen (secondary N) is 2. The van der Waals surface area contributed by atoms with Crippen molar-refractivity contribution in [3.05, 3.63) is 22.4 Å². The fraction of sp³-hybridized carbons (Fsp3) is 0.647. The first-order valence-electron chi connectivity index (χ1n) is 8.56. The molecule has 0 radical (unpaired) electrons. The van der Waals surface area contributed by atoms with Gasteiger partial charge < -0.3 is 15.4 Å². The number of carbonyl (C=O) groups is 2. The predicted octanol–water partition coefficient (Wildman–Crippen LogP) is 2.53.